The van der Waals surface area contributed by atoms with Crippen LogP contribution in [0.5, 0.6) is 0 Å². The van der Waals surface area contributed by atoms with Gasteiger partial charge in [0, 0.05) is 5.75 Å². The van der Waals surface area contributed by atoms with E-state index in [0.717, 1.165) is 12.8 Å². The van der Waals surface area contributed by atoms with E-state index in [9.17, 15) is 13.5 Å². The van der Waals surface area contributed by atoms with Gasteiger partial charge in [0.25, 0.3) is 0 Å². The van der Waals surface area contributed by atoms with Gasteiger partial charge in [-0.25, -0.2) is 8.42 Å². The lowest BCUT2D eigenvalue weighted by atomic mass is 10.1. The normalized spacial score (nSPS) is 28.2. The van der Waals surface area contributed by atoms with Crippen LogP contribution in [0.2, 0.25) is 0 Å². The quantitative estimate of drug-likeness (QED) is 0.767. The van der Waals surface area contributed by atoms with Crippen LogP contribution in [0, 0.1) is 0 Å². The molecule has 1 saturated heterocycles. The highest BCUT2D eigenvalue weighted by Crippen LogP contribution is 2.23. The first-order valence-corrected chi connectivity index (χ1v) is 7.80. The minimum absolute atomic E-state index is 0.0978. The van der Waals surface area contributed by atoms with Crippen molar-refractivity contribution in [2.24, 2.45) is 0 Å². The average Bonchev–Trinajstić information content (AvgIpc) is 2.64. The molecule has 1 aliphatic rings. The Bertz CT molecular complexity index is 299. The van der Waals surface area contributed by atoms with Gasteiger partial charge in [-0.15, -0.1) is 0 Å². The van der Waals surface area contributed by atoms with Gasteiger partial charge < -0.3 is 9.84 Å². The van der Waals surface area contributed by atoms with E-state index >= 15 is 0 Å². The topological polar surface area (TPSA) is 63.6 Å². The summed E-state index contributed by atoms with van der Waals surface area (Å²) in [6.45, 7) is 3.64. The molecule has 96 valence electrons. The lowest BCUT2D eigenvalue weighted by Crippen LogP contribution is -2.26. The molecule has 3 atom stereocenters. The molecular weight excluding hydrogens is 228 g/mol. The van der Waals surface area contributed by atoms with Crippen LogP contribution in [0.25, 0.3) is 0 Å². The highest BCUT2D eigenvalue weighted by molar-refractivity contribution is 7.91. The second kappa shape index (κ2) is 5.98. The van der Waals surface area contributed by atoms with Crippen LogP contribution in [0.3, 0.4) is 0 Å². The van der Waals surface area contributed by atoms with Crippen molar-refractivity contribution in [1.82, 2.24) is 0 Å². The summed E-state index contributed by atoms with van der Waals surface area (Å²) in [6, 6.07) is 0. The van der Waals surface area contributed by atoms with Gasteiger partial charge in [0.2, 0.25) is 0 Å². The maximum atomic E-state index is 11.2. The first-order valence-electron chi connectivity index (χ1n) is 5.98. The zero-order valence-corrected chi connectivity index (χ0v) is 10.9. The maximum Gasteiger partial charge on any atom is 0.150 e. The van der Waals surface area contributed by atoms with Crippen molar-refractivity contribution in [1.29, 1.82) is 0 Å². The van der Waals surface area contributed by atoms with E-state index in [1.807, 2.05) is 6.92 Å². The molecule has 0 bridgehead atoms. The Morgan fingerprint density at radius 3 is 2.62 bits per heavy atom. The molecule has 1 aliphatic heterocycles. The van der Waals surface area contributed by atoms with Crippen molar-refractivity contribution in [3.8, 4) is 0 Å². The number of sulfone groups is 1. The molecule has 16 heavy (non-hydrogen) atoms. The van der Waals surface area contributed by atoms with Crippen LogP contribution in [-0.4, -0.2) is 43.3 Å². The predicted octanol–water partition coefficient (Wildman–Crippen LogP) is 1.13. The molecule has 0 saturated carbocycles. The van der Waals surface area contributed by atoms with Crippen LogP contribution in [-0.2, 0) is 14.6 Å². The molecule has 0 aliphatic carbocycles. The van der Waals surface area contributed by atoms with Gasteiger partial charge in [0.15, 0.2) is 0 Å². The predicted molar refractivity (Wildman–Crippen MR) is 63.1 cm³/mol. The fourth-order valence-corrected chi connectivity index (χ4v) is 2.85. The molecule has 0 aromatic heterocycles. The molecule has 0 aromatic rings. The lowest BCUT2D eigenvalue weighted by Gasteiger charge is -2.18. The average molecular weight is 250 g/mol. The van der Waals surface area contributed by atoms with E-state index in [1.54, 1.807) is 6.92 Å². The summed E-state index contributed by atoms with van der Waals surface area (Å²) >= 11 is 0. The Balaban J connectivity index is 2.23. The third kappa shape index (κ3) is 4.39. The molecule has 0 aromatic carbocycles. The summed E-state index contributed by atoms with van der Waals surface area (Å²) in [5, 5.41) is 9.82. The van der Waals surface area contributed by atoms with Crippen LogP contribution >= 0.6 is 0 Å². The summed E-state index contributed by atoms with van der Waals surface area (Å²) in [6.07, 6.45) is 2.50. The van der Waals surface area contributed by atoms with Gasteiger partial charge in [-0.2, -0.15) is 0 Å². The number of aliphatic hydroxyl groups excluding tert-OH is 1. The number of ether oxygens (including phenoxy) is 1. The highest BCUT2D eigenvalue weighted by Gasteiger charge is 2.28. The number of hydrogen-bond donors (Lipinski definition) is 1. The molecule has 4 nitrogen and oxygen atoms in total. The Labute approximate surface area is 97.9 Å². The third-order valence-electron chi connectivity index (χ3n) is 3.09. The lowest BCUT2D eigenvalue weighted by molar-refractivity contribution is -0.0315. The molecule has 1 N–H and O–H groups in total. The molecular formula is C11H22O4S. The van der Waals surface area contributed by atoms with Gasteiger partial charge >= 0.3 is 0 Å². The number of hydrogen-bond acceptors (Lipinski definition) is 4. The van der Waals surface area contributed by atoms with E-state index in [0.29, 0.717) is 12.8 Å². The third-order valence-corrected chi connectivity index (χ3v) is 4.88. The number of aliphatic hydroxyl groups is 1. The van der Waals surface area contributed by atoms with Crippen molar-refractivity contribution < 1.29 is 18.3 Å². The minimum Gasteiger partial charge on any atom is -0.390 e. The second-order valence-electron chi connectivity index (χ2n) is 4.51. The molecule has 1 heterocycles. The zero-order chi connectivity index (χ0) is 12.2. The molecule has 0 radical (unpaired) electrons. The van der Waals surface area contributed by atoms with Crippen LogP contribution in [0.15, 0.2) is 0 Å². The first kappa shape index (κ1) is 13.9. The summed E-state index contributed by atoms with van der Waals surface area (Å²) in [4.78, 5) is 0. The van der Waals surface area contributed by atoms with Crippen molar-refractivity contribution in [3.63, 3.8) is 0 Å². The second-order valence-corrected chi connectivity index (χ2v) is 6.98. The Morgan fingerprint density at radius 1 is 1.44 bits per heavy atom. The molecule has 1 rings (SSSR count). The van der Waals surface area contributed by atoms with Gasteiger partial charge in [0.1, 0.15) is 9.84 Å². The Hall–Kier alpha value is -0.130. The van der Waals surface area contributed by atoms with Crippen LogP contribution in [0.4, 0.5) is 0 Å². The van der Waals surface area contributed by atoms with E-state index < -0.39 is 15.9 Å². The van der Waals surface area contributed by atoms with E-state index in [4.69, 9.17) is 4.74 Å². The zero-order valence-electron chi connectivity index (χ0n) is 10.1. The minimum atomic E-state index is -2.90. The highest BCUT2D eigenvalue weighted by atomic mass is 32.2. The van der Waals surface area contributed by atoms with Gasteiger partial charge in [-0.1, -0.05) is 6.92 Å². The Kier molecular flexibility index (Phi) is 5.21. The van der Waals surface area contributed by atoms with Crippen molar-refractivity contribution >= 4 is 9.84 Å². The van der Waals surface area contributed by atoms with Crippen LogP contribution in [0.1, 0.15) is 39.5 Å². The first-order chi connectivity index (χ1) is 7.44. The molecule has 0 spiro atoms. The molecule has 5 heteroatoms. The van der Waals surface area contributed by atoms with Crippen molar-refractivity contribution in [2.75, 3.05) is 11.5 Å². The Morgan fingerprint density at radius 2 is 2.12 bits per heavy atom. The monoisotopic (exact) mass is 250 g/mol. The summed E-state index contributed by atoms with van der Waals surface area (Å²) < 4.78 is 28.0. The van der Waals surface area contributed by atoms with Crippen molar-refractivity contribution in [3.05, 3.63) is 0 Å². The van der Waals surface area contributed by atoms with Gasteiger partial charge in [-0.3, -0.25) is 0 Å². The fourth-order valence-electron chi connectivity index (χ4n) is 1.96. The number of rotatable bonds is 6. The fraction of sp³-hybridized carbons (Fsp3) is 1.00. The summed E-state index contributed by atoms with van der Waals surface area (Å²) in [7, 11) is -2.90. The van der Waals surface area contributed by atoms with E-state index in [2.05, 4.69) is 0 Å². The van der Waals surface area contributed by atoms with Gasteiger partial charge in [0.05, 0.1) is 24.1 Å². The van der Waals surface area contributed by atoms with Gasteiger partial charge in [-0.05, 0) is 32.6 Å². The van der Waals surface area contributed by atoms with Crippen LogP contribution < -0.4 is 0 Å². The summed E-state index contributed by atoms with van der Waals surface area (Å²) in [5.41, 5.74) is 0. The molecule has 1 fully saturated rings. The SMILES string of the molecule is CCS(=O)(=O)CCCC(O)C1CCC(C)O1. The van der Waals surface area contributed by atoms with E-state index in [1.165, 1.54) is 0 Å². The van der Waals surface area contributed by atoms with Crippen molar-refractivity contribution in [2.45, 2.75) is 57.8 Å². The smallest absolute Gasteiger partial charge is 0.150 e. The standard InChI is InChI=1S/C11H22O4S/c1-3-16(13,14)8-4-5-10(12)11-7-6-9(2)15-11/h9-12H,3-8H2,1-2H3. The largest absolute Gasteiger partial charge is 0.390 e. The summed E-state index contributed by atoms with van der Waals surface area (Å²) in [5.74, 6) is 0.350. The van der Waals surface area contributed by atoms with E-state index in [-0.39, 0.29) is 23.7 Å². The maximum absolute atomic E-state index is 11.2. The molecule has 3 unspecified atom stereocenters. The molecule has 0 amide bonds.